The fraction of sp³-hybridized carbons (Fsp3) is 1.00. The second-order valence-corrected chi connectivity index (χ2v) is 7.89. The van der Waals surface area contributed by atoms with E-state index in [1.165, 1.54) is 57.8 Å². The fourth-order valence-electron chi connectivity index (χ4n) is 2.77. The number of aliphatic hydroxyl groups is 1. The molecule has 3 atom stereocenters. The van der Waals surface area contributed by atoms with E-state index >= 15 is 0 Å². The van der Waals surface area contributed by atoms with Crippen molar-refractivity contribution in [2.75, 3.05) is 33.0 Å². The van der Waals surface area contributed by atoms with Crippen molar-refractivity contribution < 1.29 is 19.3 Å². The van der Waals surface area contributed by atoms with Gasteiger partial charge in [-0.3, -0.25) is 0 Å². The summed E-state index contributed by atoms with van der Waals surface area (Å²) in [6.07, 6.45) is 13.2. The monoisotopic (exact) mass is 404 g/mol. The molecular weight excluding hydrogens is 352 g/mol. The predicted molar refractivity (Wildman–Crippen MR) is 121 cm³/mol. The van der Waals surface area contributed by atoms with Gasteiger partial charge in [-0.1, -0.05) is 72.6 Å². The van der Waals surface area contributed by atoms with Crippen LogP contribution in [0.1, 0.15) is 106 Å². The van der Waals surface area contributed by atoms with E-state index in [0.29, 0.717) is 25.2 Å². The summed E-state index contributed by atoms with van der Waals surface area (Å²) in [5, 5.41) is 8.75. The Morgan fingerprint density at radius 1 is 0.679 bits per heavy atom. The zero-order chi connectivity index (χ0) is 21.5. The molecule has 0 bridgehead atoms. The molecule has 0 aliphatic rings. The summed E-state index contributed by atoms with van der Waals surface area (Å²) >= 11 is 0. The lowest BCUT2D eigenvalue weighted by molar-refractivity contribution is -0.0169. The van der Waals surface area contributed by atoms with E-state index in [1.54, 1.807) is 0 Å². The van der Waals surface area contributed by atoms with Crippen molar-refractivity contribution in [3.8, 4) is 0 Å². The number of hydrogen-bond acceptors (Lipinski definition) is 4. The maximum absolute atomic E-state index is 8.75. The van der Waals surface area contributed by atoms with Crippen LogP contribution in [0.25, 0.3) is 0 Å². The number of ether oxygens (including phenoxy) is 3. The molecule has 0 rings (SSSR count). The Balaban J connectivity index is 0. The Morgan fingerprint density at radius 3 is 1.93 bits per heavy atom. The molecule has 0 radical (unpaired) electrons. The SMILES string of the molecule is CCCCC(CC)COCCOC(C)CO.CCCCCCC(C)OCCC. The third kappa shape index (κ3) is 23.9. The van der Waals surface area contributed by atoms with E-state index in [9.17, 15) is 0 Å². The second kappa shape index (κ2) is 24.9. The molecule has 0 aliphatic heterocycles. The summed E-state index contributed by atoms with van der Waals surface area (Å²) in [7, 11) is 0. The first-order chi connectivity index (χ1) is 13.5. The highest BCUT2D eigenvalue weighted by Crippen LogP contribution is 2.12. The van der Waals surface area contributed by atoms with Crippen LogP contribution < -0.4 is 0 Å². The molecule has 0 saturated carbocycles. The van der Waals surface area contributed by atoms with Gasteiger partial charge >= 0.3 is 0 Å². The minimum absolute atomic E-state index is 0.0775. The van der Waals surface area contributed by atoms with Crippen molar-refractivity contribution in [2.45, 2.75) is 118 Å². The van der Waals surface area contributed by atoms with Crippen LogP contribution in [0.2, 0.25) is 0 Å². The van der Waals surface area contributed by atoms with Crippen molar-refractivity contribution >= 4 is 0 Å². The first-order valence-corrected chi connectivity index (χ1v) is 12.0. The topological polar surface area (TPSA) is 47.9 Å². The van der Waals surface area contributed by atoms with Crippen molar-refractivity contribution in [3.05, 3.63) is 0 Å². The summed E-state index contributed by atoms with van der Waals surface area (Å²) in [5.74, 6) is 0.690. The molecule has 0 spiro atoms. The zero-order valence-corrected chi connectivity index (χ0v) is 20.0. The van der Waals surface area contributed by atoms with E-state index in [1.807, 2.05) is 6.92 Å². The molecule has 4 heteroatoms. The molecule has 0 heterocycles. The van der Waals surface area contributed by atoms with Gasteiger partial charge in [-0.15, -0.1) is 0 Å². The molecule has 0 aromatic rings. The third-order valence-corrected chi connectivity index (χ3v) is 4.85. The summed E-state index contributed by atoms with van der Waals surface area (Å²) in [6.45, 7) is 15.9. The quantitative estimate of drug-likeness (QED) is 0.253. The van der Waals surface area contributed by atoms with Gasteiger partial charge in [-0.25, -0.2) is 0 Å². The highest BCUT2D eigenvalue weighted by atomic mass is 16.5. The van der Waals surface area contributed by atoms with Gasteiger partial charge in [0, 0.05) is 13.2 Å². The van der Waals surface area contributed by atoms with Gasteiger partial charge in [-0.05, 0) is 39.0 Å². The minimum atomic E-state index is -0.0781. The minimum Gasteiger partial charge on any atom is -0.394 e. The van der Waals surface area contributed by atoms with E-state index in [2.05, 4.69) is 34.6 Å². The highest BCUT2D eigenvalue weighted by Gasteiger charge is 2.06. The number of aliphatic hydroxyl groups excluding tert-OH is 1. The van der Waals surface area contributed by atoms with Crippen molar-refractivity contribution in [1.29, 1.82) is 0 Å². The fourth-order valence-corrected chi connectivity index (χ4v) is 2.77. The molecule has 0 aliphatic carbocycles. The largest absolute Gasteiger partial charge is 0.394 e. The first-order valence-electron chi connectivity index (χ1n) is 12.0. The Kier molecular flexibility index (Phi) is 26.7. The van der Waals surface area contributed by atoms with Gasteiger partial charge in [0.2, 0.25) is 0 Å². The molecular formula is C24H52O4. The summed E-state index contributed by atoms with van der Waals surface area (Å²) in [5.41, 5.74) is 0. The first kappa shape index (κ1) is 30.0. The maximum Gasteiger partial charge on any atom is 0.0778 e. The molecule has 4 nitrogen and oxygen atoms in total. The third-order valence-electron chi connectivity index (χ3n) is 4.85. The number of unbranched alkanes of at least 4 members (excludes halogenated alkanes) is 4. The Bertz CT molecular complexity index is 273. The van der Waals surface area contributed by atoms with Crippen LogP contribution in [-0.4, -0.2) is 50.3 Å². The molecule has 3 unspecified atom stereocenters. The normalized spacial score (nSPS) is 14.2. The average molecular weight is 405 g/mol. The van der Waals surface area contributed by atoms with Gasteiger partial charge in [0.05, 0.1) is 32.0 Å². The summed E-state index contributed by atoms with van der Waals surface area (Å²) in [4.78, 5) is 0. The summed E-state index contributed by atoms with van der Waals surface area (Å²) in [6, 6.07) is 0. The number of hydrogen-bond donors (Lipinski definition) is 1. The van der Waals surface area contributed by atoms with Gasteiger partial charge in [0.1, 0.15) is 0 Å². The highest BCUT2D eigenvalue weighted by molar-refractivity contribution is 4.56. The molecule has 172 valence electrons. The van der Waals surface area contributed by atoms with Crippen LogP contribution in [0.3, 0.4) is 0 Å². The van der Waals surface area contributed by atoms with E-state index in [4.69, 9.17) is 19.3 Å². The van der Waals surface area contributed by atoms with Gasteiger partial charge in [0.15, 0.2) is 0 Å². The van der Waals surface area contributed by atoms with Gasteiger partial charge in [0.25, 0.3) is 0 Å². The molecule has 1 N–H and O–H groups in total. The molecule has 0 fully saturated rings. The van der Waals surface area contributed by atoms with Gasteiger partial charge in [-0.2, -0.15) is 0 Å². The predicted octanol–water partition coefficient (Wildman–Crippen LogP) is 6.39. The van der Waals surface area contributed by atoms with Crippen LogP contribution in [0.4, 0.5) is 0 Å². The van der Waals surface area contributed by atoms with E-state index in [-0.39, 0.29) is 12.7 Å². The lowest BCUT2D eigenvalue weighted by Gasteiger charge is -2.15. The Labute approximate surface area is 176 Å². The van der Waals surface area contributed by atoms with Crippen molar-refractivity contribution in [2.24, 2.45) is 5.92 Å². The second-order valence-electron chi connectivity index (χ2n) is 7.89. The maximum atomic E-state index is 8.75. The van der Waals surface area contributed by atoms with Gasteiger partial charge < -0.3 is 19.3 Å². The van der Waals surface area contributed by atoms with E-state index < -0.39 is 0 Å². The van der Waals surface area contributed by atoms with Crippen LogP contribution in [-0.2, 0) is 14.2 Å². The average Bonchev–Trinajstić information content (AvgIpc) is 2.71. The van der Waals surface area contributed by atoms with Crippen LogP contribution in [0.5, 0.6) is 0 Å². The Hall–Kier alpha value is -0.160. The molecule has 0 aromatic carbocycles. The molecule has 0 saturated heterocycles. The standard InChI is InChI=1S/C13H28O3.C11H24O/c1-4-6-7-13(5-2)11-15-8-9-16-12(3)10-14;1-4-6-7-8-9-11(3)12-10-5-2/h12-14H,4-11H2,1-3H3;11H,4-10H2,1-3H3. The Morgan fingerprint density at radius 2 is 1.36 bits per heavy atom. The molecule has 28 heavy (non-hydrogen) atoms. The van der Waals surface area contributed by atoms with Crippen molar-refractivity contribution in [1.82, 2.24) is 0 Å². The van der Waals surface area contributed by atoms with Crippen LogP contribution >= 0.6 is 0 Å². The van der Waals surface area contributed by atoms with Crippen molar-refractivity contribution in [3.63, 3.8) is 0 Å². The van der Waals surface area contributed by atoms with Crippen LogP contribution in [0, 0.1) is 5.92 Å². The van der Waals surface area contributed by atoms with E-state index in [0.717, 1.165) is 19.6 Å². The molecule has 0 amide bonds. The smallest absolute Gasteiger partial charge is 0.0778 e. The zero-order valence-electron chi connectivity index (χ0n) is 20.0. The van der Waals surface area contributed by atoms with Crippen LogP contribution in [0.15, 0.2) is 0 Å². The lowest BCUT2D eigenvalue weighted by atomic mass is 10.0. The molecule has 0 aromatic heterocycles. The number of rotatable bonds is 19. The lowest BCUT2D eigenvalue weighted by Crippen LogP contribution is -2.18. The summed E-state index contributed by atoms with van der Waals surface area (Å²) < 4.78 is 16.5.